The zero-order chi connectivity index (χ0) is 18.1. The van der Waals surface area contributed by atoms with E-state index in [0.29, 0.717) is 0 Å². The topological polar surface area (TPSA) is 121 Å². The Hall–Kier alpha value is -3.68. The normalized spacial score (nSPS) is 12.9. The Kier molecular flexibility index (Phi) is 3.94. The molecule has 1 aliphatic rings. The Morgan fingerprint density at radius 3 is 2.16 bits per heavy atom. The number of aromatic carboxylic acids is 1. The molecule has 25 heavy (non-hydrogen) atoms. The zero-order valence-electron chi connectivity index (χ0n) is 12.6. The molecule has 2 amide bonds. The summed E-state index contributed by atoms with van der Waals surface area (Å²) < 4.78 is 4.99. The minimum atomic E-state index is -1.19. The lowest BCUT2D eigenvalue weighted by atomic mass is 10.1. The number of nitrogens with zero attached hydrogens (tertiary/aromatic N) is 1. The third-order valence-corrected chi connectivity index (χ3v) is 3.59. The second-order valence-electron chi connectivity index (χ2n) is 5.19. The van der Waals surface area contributed by atoms with Crippen LogP contribution in [0.1, 0.15) is 31.1 Å². The standard InChI is InChI=1S/C17H11NO7/c19-14(20)8-25-11-4-2-10(3-5-11)18-15(21)12-6-1-9(17(23)24)7-13(12)16(18)22/h1-7H,8H2,(H,19,20)(H,23,24). The minimum Gasteiger partial charge on any atom is -0.482 e. The second kappa shape index (κ2) is 6.08. The summed E-state index contributed by atoms with van der Waals surface area (Å²) in [4.78, 5) is 47.3. The molecule has 3 rings (SSSR count). The van der Waals surface area contributed by atoms with Gasteiger partial charge in [0.25, 0.3) is 11.8 Å². The highest BCUT2D eigenvalue weighted by Crippen LogP contribution is 2.30. The van der Waals surface area contributed by atoms with E-state index in [4.69, 9.17) is 14.9 Å². The van der Waals surface area contributed by atoms with Crippen molar-refractivity contribution in [2.45, 2.75) is 0 Å². The van der Waals surface area contributed by atoms with Crippen molar-refractivity contribution in [2.24, 2.45) is 0 Å². The summed E-state index contributed by atoms with van der Waals surface area (Å²) in [6, 6.07) is 9.49. The number of hydrogen-bond acceptors (Lipinski definition) is 5. The second-order valence-corrected chi connectivity index (χ2v) is 5.19. The number of benzene rings is 2. The van der Waals surface area contributed by atoms with Gasteiger partial charge in [-0.15, -0.1) is 0 Å². The summed E-state index contributed by atoms with van der Waals surface area (Å²) in [6.07, 6.45) is 0. The molecule has 0 saturated heterocycles. The third kappa shape index (κ3) is 2.92. The molecule has 0 aliphatic carbocycles. The van der Waals surface area contributed by atoms with Gasteiger partial charge >= 0.3 is 11.9 Å². The van der Waals surface area contributed by atoms with Gasteiger partial charge in [-0.25, -0.2) is 14.5 Å². The Labute approximate surface area is 140 Å². The number of ether oxygens (including phenoxy) is 1. The molecule has 0 bridgehead atoms. The van der Waals surface area contributed by atoms with Crippen LogP contribution in [0.3, 0.4) is 0 Å². The lowest BCUT2D eigenvalue weighted by Gasteiger charge is -2.14. The molecule has 0 atom stereocenters. The molecule has 8 nitrogen and oxygen atoms in total. The quantitative estimate of drug-likeness (QED) is 0.793. The van der Waals surface area contributed by atoms with Crippen LogP contribution in [0.25, 0.3) is 0 Å². The summed E-state index contributed by atoms with van der Waals surface area (Å²) in [5.41, 5.74) is 0.335. The van der Waals surface area contributed by atoms with Gasteiger partial charge in [0.15, 0.2) is 6.61 Å². The van der Waals surface area contributed by atoms with E-state index in [1.807, 2.05) is 0 Å². The summed E-state index contributed by atoms with van der Waals surface area (Å²) >= 11 is 0. The maximum Gasteiger partial charge on any atom is 0.341 e. The van der Waals surface area contributed by atoms with Crippen LogP contribution >= 0.6 is 0 Å². The lowest BCUT2D eigenvalue weighted by molar-refractivity contribution is -0.139. The predicted molar refractivity (Wildman–Crippen MR) is 84.1 cm³/mol. The molecular formula is C17H11NO7. The highest BCUT2D eigenvalue weighted by molar-refractivity contribution is 6.34. The molecule has 0 aromatic heterocycles. The Morgan fingerprint density at radius 1 is 0.920 bits per heavy atom. The van der Waals surface area contributed by atoms with Crippen molar-refractivity contribution in [1.82, 2.24) is 0 Å². The first kappa shape index (κ1) is 16.2. The number of aliphatic carboxylic acids is 1. The van der Waals surface area contributed by atoms with Crippen molar-refractivity contribution >= 4 is 29.4 Å². The summed E-state index contributed by atoms with van der Waals surface area (Å²) in [7, 11) is 0. The number of imide groups is 1. The molecule has 0 unspecified atom stereocenters. The summed E-state index contributed by atoms with van der Waals surface area (Å²) in [5, 5.41) is 17.6. The van der Waals surface area contributed by atoms with Crippen LogP contribution in [-0.2, 0) is 4.79 Å². The van der Waals surface area contributed by atoms with E-state index in [1.54, 1.807) is 0 Å². The van der Waals surface area contributed by atoms with Crippen molar-refractivity contribution in [3.05, 3.63) is 59.2 Å². The van der Waals surface area contributed by atoms with Crippen molar-refractivity contribution in [1.29, 1.82) is 0 Å². The summed E-state index contributed by atoms with van der Waals surface area (Å²) in [5.74, 6) is -3.23. The van der Waals surface area contributed by atoms with Gasteiger partial charge in [0.05, 0.1) is 22.4 Å². The molecule has 1 heterocycles. The van der Waals surface area contributed by atoms with E-state index in [2.05, 4.69) is 0 Å². The van der Waals surface area contributed by atoms with E-state index in [0.717, 1.165) is 4.90 Å². The van der Waals surface area contributed by atoms with E-state index < -0.39 is 30.4 Å². The molecule has 2 aromatic rings. The van der Waals surface area contributed by atoms with Crippen LogP contribution in [0.15, 0.2) is 42.5 Å². The van der Waals surface area contributed by atoms with E-state index >= 15 is 0 Å². The smallest absolute Gasteiger partial charge is 0.341 e. The van der Waals surface area contributed by atoms with Gasteiger partial charge in [-0.05, 0) is 42.5 Å². The van der Waals surface area contributed by atoms with Gasteiger partial charge in [-0.1, -0.05) is 0 Å². The van der Waals surface area contributed by atoms with Crippen LogP contribution in [-0.4, -0.2) is 40.6 Å². The monoisotopic (exact) mass is 341 g/mol. The number of carboxylic acids is 2. The van der Waals surface area contributed by atoms with Gasteiger partial charge in [0.1, 0.15) is 5.75 Å². The molecular weight excluding hydrogens is 330 g/mol. The molecule has 0 spiro atoms. The molecule has 0 saturated carbocycles. The highest BCUT2D eigenvalue weighted by Gasteiger charge is 2.37. The van der Waals surface area contributed by atoms with Crippen LogP contribution in [0.4, 0.5) is 5.69 Å². The molecule has 2 aromatic carbocycles. The van der Waals surface area contributed by atoms with Gasteiger partial charge in [-0.3, -0.25) is 9.59 Å². The Balaban J connectivity index is 1.88. The molecule has 2 N–H and O–H groups in total. The first-order valence-electron chi connectivity index (χ1n) is 7.09. The highest BCUT2D eigenvalue weighted by atomic mass is 16.5. The van der Waals surface area contributed by atoms with E-state index in [1.165, 1.54) is 42.5 Å². The number of amides is 2. The number of carboxylic acid groups (broad SMARTS) is 2. The van der Waals surface area contributed by atoms with Crippen LogP contribution < -0.4 is 9.64 Å². The van der Waals surface area contributed by atoms with E-state index in [-0.39, 0.29) is 28.1 Å². The molecule has 8 heteroatoms. The van der Waals surface area contributed by atoms with Gasteiger partial charge in [0, 0.05) is 0 Å². The van der Waals surface area contributed by atoms with Gasteiger partial charge < -0.3 is 14.9 Å². The largest absolute Gasteiger partial charge is 0.482 e. The predicted octanol–water partition coefficient (Wildman–Crippen LogP) is 1.65. The van der Waals surface area contributed by atoms with Gasteiger partial charge in [0.2, 0.25) is 0 Å². The van der Waals surface area contributed by atoms with Crippen molar-refractivity contribution in [3.63, 3.8) is 0 Å². The maximum absolute atomic E-state index is 12.5. The van der Waals surface area contributed by atoms with Crippen LogP contribution in [0, 0.1) is 0 Å². The third-order valence-electron chi connectivity index (χ3n) is 3.59. The number of rotatable bonds is 5. The Morgan fingerprint density at radius 2 is 1.56 bits per heavy atom. The van der Waals surface area contributed by atoms with E-state index in [9.17, 15) is 19.2 Å². The van der Waals surface area contributed by atoms with Crippen LogP contribution in [0.2, 0.25) is 0 Å². The maximum atomic E-state index is 12.5. The first-order valence-corrected chi connectivity index (χ1v) is 7.09. The average molecular weight is 341 g/mol. The number of carbonyl (C=O) groups excluding carboxylic acids is 2. The number of hydrogen-bond donors (Lipinski definition) is 2. The molecule has 0 fully saturated rings. The fraction of sp³-hybridized carbons (Fsp3) is 0.0588. The van der Waals surface area contributed by atoms with Crippen molar-refractivity contribution in [3.8, 4) is 5.75 Å². The molecule has 1 aliphatic heterocycles. The molecule has 126 valence electrons. The average Bonchev–Trinajstić information content (AvgIpc) is 2.84. The lowest BCUT2D eigenvalue weighted by Crippen LogP contribution is -2.29. The van der Waals surface area contributed by atoms with Crippen molar-refractivity contribution < 1.29 is 34.1 Å². The minimum absolute atomic E-state index is 0.0242. The Bertz CT molecular complexity index is 902. The van der Waals surface area contributed by atoms with Crippen LogP contribution in [0.5, 0.6) is 5.75 Å². The fourth-order valence-corrected chi connectivity index (χ4v) is 2.44. The number of carbonyl (C=O) groups is 4. The van der Waals surface area contributed by atoms with Gasteiger partial charge in [-0.2, -0.15) is 0 Å². The SMILES string of the molecule is O=C(O)COc1ccc(N2C(=O)c3ccc(C(=O)O)cc3C2=O)cc1. The fourth-order valence-electron chi connectivity index (χ4n) is 2.44. The number of fused-ring (bicyclic) bond motifs is 1. The number of anilines is 1. The molecule has 0 radical (unpaired) electrons. The first-order chi connectivity index (χ1) is 11.9. The zero-order valence-corrected chi connectivity index (χ0v) is 12.6. The summed E-state index contributed by atoms with van der Waals surface area (Å²) in [6.45, 7) is -0.510. The van der Waals surface area contributed by atoms with Crippen molar-refractivity contribution in [2.75, 3.05) is 11.5 Å².